The summed E-state index contributed by atoms with van der Waals surface area (Å²) in [6.45, 7) is 2.16. The molecule has 3 aliphatic rings. The predicted octanol–water partition coefficient (Wildman–Crippen LogP) is 2.11. The van der Waals surface area contributed by atoms with E-state index in [1.807, 2.05) is 47.4 Å². The number of hydrazine groups is 1. The molecule has 2 aromatic carbocycles. The average Bonchev–Trinajstić information content (AvgIpc) is 3.40. The number of amides is 2. The molecule has 6 nitrogen and oxygen atoms in total. The maximum Gasteiger partial charge on any atom is 0.241 e. The molecule has 6 heteroatoms. The van der Waals surface area contributed by atoms with Crippen molar-refractivity contribution in [2.24, 2.45) is 0 Å². The van der Waals surface area contributed by atoms with E-state index >= 15 is 0 Å². The number of anilines is 1. The van der Waals surface area contributed by atoms with Crippen LogP contribution in [0.2, 0.25) is 0 Å². The summed E-state index contributed by atoms with van der Waals surface area (Å²) in [4.78, 5) is 27.7. The number of nitrogens with one attached hydrogen (secondary N) is 3. The van der Waals surface area contributed by atoms with E-state index in [1.165, 1.54) is 5.56 Å². The molecule has 1 saturated heterocycles. The van der Waals surface area contributed by atoms with E-state index < -0.39 is 0 Å². The zero-order chi connectivity index (χ0) is 19.8. The number of hydrogen-bond donors (Lipinski definition) is 3. The van der Waals surface area contributed by atoms with Gasteiger partial charge in [-0.2, -0.15) is 0 Å². The first-order valence-electron chi connectivity index (χ1n) is 10.4. The third-order valence-electron chi connectivity index (χ3n) is 6.43. The van der Waals surface area contributed by atoms with Crippen LogP contribution in [-0.4, -0.2) is 35.8 Å². The summed E-state index contributed by atoms with van der Waals surface area (Å²) in [6, 6.07) is 16.0. The molecule has 0 spiro atoms. The van der Waals surface area contributed by atoms with E-state index in [0.717, 1.165) is 55.6 Å². The molecule has 1 saturated carbocycles. The highest BCUT2D eigenvalue weighted by molar-refractivity contribution is 6.01. The van der Waals surface area contributed by atoms with Crippen molar-refractivity contribution in [3.8, 4) is 0 Å². The lowest BCUT2D eigenvalue weighted by Crippen LogP contribution is -2.47. The first kappa shape index (κ1) is 18.3. The highest BCUT2D eigenvalue weighted by Gasteiger charge is 2.51. The third kappa shape index (κ3) is 3.43. The van der Waals surface area contributed by atoms with Crippen molar-refractivity contribution in [3.63, 3.8) is 0 Å². The quantitative estimate of drug-likeness (QED) is 0.748. The van der Waals surface area contributed by atoms with Crippen molar-refractivity contribution in [3.05, 3.63) is 65.2 Å². The molecular weight excluding hydrogens is 364 g/mol. The van der Waals surface area contributed by atoms with Gasteiger partial charge < -0.3 is 10.2 Å². The number of carbonyl (C=O) groups excluding carboxylic acids is 2. The Bertz CT molecular complexity index is 933. The number of fused-ring (bicyclic) bond motifs is 1. The smallest absolute Gasteiger partial charge is 0.241 e. The molecule has 1 aliphatic carbocycles. The van der Waals surface area contributed by atoms with E-state index in [-0.39, 0.29) is 23.3 Å². The van der Waals surface area contributed by atoms with E-state index in [4.69, 9.17) is 0 Å². The zero-order valence-corrected chi connectivity index (χ0v) is 16.4. The molecule has 150 valence electrons. The summed E-state index contributed by atoms with van der Waals surface area (Å²) in [7, 11) is 0. The van der Waals surface area contributed by atoms with Crippen LogP contribution in [0.15, 0.2) is 48.5 Å². The van der Waals surface area contributed by atoms with Gasteiger partial charge in [0.15, 0.2) is 0 Å². The van der Waals surface area contributed by atoms with E-state index in [9.17, 15) is 9.59 Å². The van der Waals surface area contributed by atoms with E-state index in [1.54, 1.807) is 0 Å². The van der Waals surface area contributed by atoms with Crippen molar-refractivity contribution in [1.82, 2.24) is 15.8 Å². The minimum absolute atomic E-state index is 0.0635. The van der Waals surface area contributed by atoms with Crippen LogP contribution in [0.5, 0.6) is 0 Å². The van der Waals surface area contributed by atoms with Gasteiger partial charge in [0.25, 0.3) is 0 Å². The monoisotopic (exact) mass is 390 g/mol. The van der Waals surface area contributed by atoms with Gasteiger partial charge in [-0.25, -0.2) is 5.43 Å². The molecular formula is C23H26N4O2. The highest BCUT2D eigenvalue weighted by atomic mass is 16.2. The number of carbonyl (C=O) groups is 2. The Morgan fingerprint density at radius 2 is 1.90 bits per heavy atom. The van der Waals surface area contributed by atoms with Gasteiger partial charge in [0.05, 0.1) is 5.41 Å². The lowest BCUT2D eigenvalue weighted by Gasteiger charge is -2.31. The minimum atomic E-state index is -0.389. The second kappa shape index (κ2) is 7.28. The largest absolute Gasteiger partial charge is 0.337 e. The van der Waals surface area contributed by atoms with Crippen molar-refractivity contribution in [2.75, 3.05) is 18.4 Å². The molecule has 2 heterocycles. The number of rotatable bonds is 4. The van der Waals surface area contributed by atoms with Gasteiger partial charge in [0.1, 0.15) is 6.04 Å². The van der Waals surface area contributed by atoms with Gasteiger partial charge in [-0.1, -0.05) is 36.4 Å². The SMILES string of the molecule is O=C(C1CCNN1)N1CCc2ccc(NC(=O)C3(c4ccccc4)CC3)cc2C1. The Hall–Kier alpha value is -2.70. The summed E-state index contributed by atoms with van der Waals surface area (Å²) >= 11 is 0. The first-order chi connectivity index (χ1) is 14.2. The summed E-state index contributed by atoms with van der Waals surface area (Å²) < 4.78 is 0. The van der Waals surface area contributed by atoms with Crippen LogP contribution in [0, 0.1) is 0 Å². The Kier molecular flexibility index (Phi) is 4.60. The lowest BCUT2D eigenvalue weighted by atomic mass is 9.94. The summed E-state index contributed by atoms with van der Waals surface area (Å²) in [5, 5.41) is 3.13. The molecule has 2 aromatic rings. The summed E-state index contributed by atoms with van der Waals surface area (Å²) in [5.74, 6) is 0.213. The summed E-state index contributed by atoms with van der Waals surface area (Å²) in [6.07, 6.45) is 3.44. The van der Waals surface area contributed by atoms with E-state index in [2.05, 4.69) is 22.2 Å². The Labute approximate surface area is 170 Å². The topological polar surface area (TPSA) is 73.5 Å². The fraction of sp³-hybridized carbons (Fsp3) is 0.391. The molecule has 2 amide bonds. The molecule has 1 unspecified atom stereocenters. The van der Waals surface area contributed by atoms with Gasteiger partial charge in [0, 0.05) is 25.3 Å². The first-order valence-corrected chi connectivity index (χ1v) is 10.4. The van der Waals surface area contributed by atoms with Gasteiger partial charge in [-0.05, 0) is 54.5 Å². The van der Waals surface area contributed by atoms with Crippen molar-refractivity contribution >= 4 is 17.5 Å². The molecule has 2 aliphatic heterocycles. The number of hydrogen-bond acceptors (Lipinski definition) is 4. The molecule has 3 N–H and O–H groups in total. The van der Waals surface area contributed by atoms with Crippen molar-refractivity contribution < 1.29 is 9.59 Å². The standard InChI is InChI=1S/C23H26N4O2/c28-21(20-8-12-24-26-20)27-13-9-16-6-7-19(14-17(16)15-27)25-22(29)23(10-11-23)18-4-2-1-3-5-18/h1-7,14,20,24,26H,8-13,15H2,(H,25,29). The molecule has 0 aromatic heterocycles. The predicted molar refractivity (Wildman–Crippen MR) is 111 cm³/mol. The Balaban J connectivity index is 1.30. The van der Waals surface area contributed by atoms with Gasteiger partial charge in [-0.3, -0.25) is 15.0 Å². The highest BCUT2D eigenvalue weighted by Crippen LogP contribution is 2.49. The third-order valence-corrected chi connectivity index (χ3v) is 6.43. The molecule has 5 rings (SSSR count). The fourth-order valence-electron chi connectivity index (χ4n) is 4.49. The molecule has 0 bridgehead atoms. The molecule has 29 heavy (non-hydrogen) atoms. The van der Waals surface area contributed by atoms with Crippen LogP contribution in [-0.2, 0) is 28.0 Å². The van der Waals surface area contributed by atoms with Crippen LogP contribution in [0.1, 0.15) is 36.0 Å². The average molecular weight is 390 g/mol. The van der Waals surface area contributed by atoms with Crippen LogP contribution in [0.4, 0.5) is 5.69 Å². The Morgan fingerprint density at radius 1 is 1.07 bits per heavy atom. The number of benzene rings is 2. The van der Waals surface area contributed by atoms with Gasteiger partial charge >= 0.3 is 0 Å². The second-order valence-corrected chi connectivity index (χ2v) is 8.31. The van der Waals surface area contributed by atoms with Crippen LogP contribution >= 0.6 is 0 Å². The van der Waals surface area contributed by atoms with Gasteiger partial charge in [-0.15, -0.1) is 0 Å². The molecule has 1 atom stereocenters. The Morgan fingerprint density at radius 3 is 2.62 bits per heavy atom. The summed E-state index contributed by atoms with van der Waals surface area (Å²) in [5.41, 5.74) is 9.98. The fourth-order valence-corrected chi connectivity index (χ4v) is 4.49. The molecule has 2 fully saturated rings. The lowest BCUT2D eigenvalue weighted by molar-refractivity contribution is -0.134. The maximum absolute atomic E-state index is 13.0. The molecule has 0 radical (unpaired) electrons. The van der Waals surface area contributed by atoms with Crippen molar-refractivity contribution in [2.45, 2.75) is 43.7 Å². The number of nitrogens with zero attached hydrogens (tertiary/aromatic N) is 1. The zero-order valence-electron chi connectivity index (χ0n) is 16.4. The van der Waals surface area contributed by atoms with Crippen molar-refractivity contribution in [1.29, 1.82) is 0 Å². The van der Waals surface area contributed by atoms with E-state index in [0.29, 0.717) is 6.54 Å². The second-order valence-electron chi connectivity index (χ2n) is 8.31. The normalized spacial score (nSPS) is 22.1. The minimum Gasteiger partial charge on any atom is -0.337 e. The maximum atomic E-state index is 13.0. The van der Waals surface area contributed by atoms with Crippen LogP contribution < -0.4 is 16.2 Å². The van der Waals surface area contributed by atoms with Crippen LogP contribution in [0.25, 0.3) is 0 Å². The van der Waals surface area contributed by atoms with Gasteiger partial charge in [0.2, 0.25) is 11.8 Å². The van der Waals surface area contributed by atoms with Crippen LogP contribution in [0.3, 0.4) is 0 Å².